The van der Waals surface area contributed by atoms with Crippen molar-refractivity contribution in [3.8, 4) is 11.5 Å². The van der Waals surface area contributed by atoms with Gasteiger partial charge < -0.3 is 4.42 Å². The van der Waals surface area contributed by atoms with E-state index in [-0.39, 0.29) is 23.6 Å². The second-order valence-electron chi connectivity index (χ2n) is 4.15. The van der Waals surface area contributed by atoms with Crippen LogP contribution >= 0.6 is 0 Å². The topological polar surface area (TPSA) is 85.1 Å². The summed E-state index contributed by atoms with van der Waals surface area (Å²) in [5.74, 6) is -1.82. The first-order chi connectivity index (χ1) is 9.76. The molecular weight excluding hydrogens is 311 g/mol. The molecule has 0 saturated heterocycles. The summed E-state index contributed by atoms with van der Waals surface area (Å²) >= 11 is 0. The van der Waals surface area contributed by atoms with Gasteiger partial charge >= 0.3 is 6.43 Å². The van der Waals surface area contributed by atoms with Crippen molar-refractivity contribution in [1.29, 1.82) is 0 Å². The predicted molar refractivity (Wildman–Crippen MR) is 66.3 cm³/mol. The van der Waals surface area contributed by atoms with Gasteiger partial charge in [-0.2, -0.15) is 8.78 Å². The summed E-state index contributed by atoms with van der Waals surface area (Å²) in [5.41, 5.74) is 0.216. The highest BCUT2D eigenvalue weighted by Gasteiger charge is 2.17. The number of rotatable bonds is 5. The Labute approximate surface area is 118 Å². The number of aromatic nitrogens is 2. The second kappa shape index (κ2) is 5.82. The number of hydrogen-bond acceptors (Lipinski definition) is 5. The van der Waals surface area contributed by atoms with Crippen molar-refractivity contribution in [2.45, 2.75) is 13.0 Å². The normalized spacial score (nSPS) is 12.0. The van der Waals surface area contributed by atoms with Crippen LogP contribution in [-0.2, 0) is 16.6 Å². The minimum Gasteiger partial charge on any atom is -0.415 e. The van der Waals surface area contributed by atoms with E-state index in [2.05, 4.69) is 19.3 Å². The Morgan fingerprint density at radius 3 is 2.57 bits per heavy atom. The number of halogens is 3. The van der Waals surface area contributed by atoms with E-state index in [9.17, 15) is 21.6 Å². The minimum absolute atomic E-state index is 0.0952. The summed E-state index contributed by atoms with van der Waals surface area (Å²) in [6.07, 6.45) is -1.96. The number of benzene rings is 1. The molecule has 2 aromatic rings. The minimum atomic E-state index is -3.45. The first-order valence-electron chi connectivity index (χ1n) is 5.61. The van der Waals surface area contributed by atoms with Crippen molar-refractivity contribution in [3.63, 3.8) is 0 Å². The molecule has 0 atom stereocenters. The van der Waals surface area contributed by atoms with Gasteiger partial charge in [0.2, 0.25) is 15.9 Å². The van der Waals surface area contributed by atoms with Crippen LogP contribution in [0, 0.1) is 5.82 Å². The Balaban J connectivity index is 2.21. The van der Waals surface area contributed by atoms with E-state index >= 15 is 0 Å². The molecule has 0 spiro atoms. The van der Waals surface area contributed by atoms with E-state index in [0.29, 0.717) is 0 Å². The van der Waals surface area contributed by atoms with E-state index < -0.39 is 28.2 Å². The summed E-state index contributed by atoms with van der Waals surface area (Å²) in [6.45, 7) is -0.225. The first kappa shape index (κ1) is 15.4. The molecule has 21 heavy (non-hydrogen) atoms. The average Bonchev–Trinajstić information content (AvgIpc) is 2.85. The molecule has 0 fully saturated rings. The van der Waals surface area contributed by atoms with Gasteiger partial charge in [-0.05, 0) is 12.1 Å². The maximum atomic E-state index is 13.8. The molecule has 6 nitrogen and oxygen atoms in total. The average molecular weight is 321 g/mol. The molecule has 0 aliphatic rings. The lowest BCUT2D eigenvalue weighted by Gasteiger charge is -2.05. The SMILES string of the molecule is CS(=O)(=O)NCc1ccc(-c2nnc(C(F)F)o2)cc1F. The van der Waals surface area contributed by atoms with E-state index in [0.717, 1.165) is 12.3 Å². The Bertz CT molecular complexity index is 746. The van der Waals surface area contributed by atoms with Crippen LogP contribution in [0.4, 0.5) is 13.2 Å². The smallest absolute Gasteiger partial charge is 0.314 e. The largest absolute Gasteiger partial charge is 0.415 e. The second-order valence-corrected chi connectivity index (χ2v) is 5.98. The third-order valence-electron chi connectivity index (χ3n) is 2.45. The van der Waals surface area contributed by atoms with Gasteiger partial charge in [-0.15, -0.1) is 10.2 Å². The summed E-state index contributed by atoms with van der Waals surface area (Å²) in [4.78, 5) is 0. The van der Waals surface area contributed by atoms with Crippen molar-refractivity contribution in [3.05, 3.63) is 35.5 Å². The van der Waals surface area contributed by atoms with Crippen molar-refractivity contribution in [2.24, 2.45) is 0 Å². The Morgan fingerprint density at radius 1 is 1.33 bits per heavy atom. The highest BCUT2D eigenvalue weighted by atomic mass is 32.2. The van der Waals surface area contributed by atoms with E-state index in [4.69, 9.17) is 0 Å². The van der Waals surface area contributed by atoms with E-state index in [1.165, 1.54) is 12.1 Å². The van der Waals surface area contributed by atoms with Crippen LogP contribution in [0.2, 0.25) is 0 Å². The van der Waals surface area contributed by atoms with Crippen LogP contribution in [0.5, 0.6) is 0 Å². The van der Waals surface area contributed by atoms with Crippen molar-refractivity contribution in [2.75, 3.05) is 6.26 Å². The third-order valence-corrected chi connectivity index (χ3v) is 3.12. The molecule has 0 unspecified atom stereocenters. The number of sulfonamides is 1. The highest BCUT2D eigenvalue weighted by Crippen LogP contribution is 2.24. The molecule has 1 aromatic heterocycles. The summed E-state index contributed by atoms with van der Waals surface area (Å²) in [5, 5.41) is 6.52. The van der Waals surface area contributed by atoms with Crippen LogP contribution in [0.25, 0.3) is 11.5 Å². The zero-order chi connectivity index (χ0) is 15.6. The predicted octanol–water partition coefficient (Wildman–Crippen LogP) is 1.86. The van der Waals surface area contributed by atoms with Gasteiger partial charge in [0, 0.05) is 17.7 Å². The monoisotopic (exact) mass is 321 g/mol. The first-order valence-corrected chi connectivity index (χ1v) is 7.50. The molecule has 1 N–H and O–H groups in total. The van der Waals surface area contributed by atoms with Crippen molar-refractivity contribution >= 4 is 10.0 Å². The molecule has 10 heteroatoms. The van der Waals surface area contributed by atoms with Gasteiger partial charge in [0.15, 0.2) is 0 Å². The lowest BCUT2D eigenvalue weighted by Crippen LogP contribution is -2.21. The maximum Gasteiger partial charge on any atom is 0.314 e. The summed E-state index contributed by atoms with van der Waals surface area (Å²) < 4.78 is 67.1. The standard InChI is InChI=1S/C11H10F3N3O3S/c1-21(18,19)15-5-7-3-2-6(4-8(7)12)10-16-17-11(20-10)9(13)14/h2-4,9,15H,5H2,1H3. The van der Waals surface area contributed by atoms with Gasteiger partial charge in [0.05, 0.1) is 6.26 Å². The fourth-order valence-electron chi connectivity index (χ4n) is 1.47. The van der Waals surface area contributed by atoms with Crippen LogP contribution in [-0.4, -0.2) is 24.9 Å². The highest BCUT2D eigenvalue weighted by molar-refractivity contribution is 7.88. The maximum absolute atomic E-state index is 13.8. The molecule has 1 heterocycles. The van der Waals surface area contributed by atoms with Crippen molar-refractivity contribution < 1.29 is 26.0 Å². The van der Waals surface area contributed by atoms with Crippen LogP contribution < -0.4 is 4.72 Å². The summed E-state index contributed by atoms with van der Waals surface area (Å²) in [7, 11) is -3.45. The van der Waals surface area contributed by atoms with Crippen LogP contribution in [0.15, 0.2) is 22.6 Å². The van der Waals surface area contributed by atoms with Crippen LogP contribution in [0.3, 0.4) is 0 Å². The Hall–Kier alpha value is -1.94. The fraction of sp³-hybridized carbons (Fsp3) is 0.273. The van der Waals surface area contributed by atoms with Gasteiger partial charge in [0.1, 0.15) is 5.82 Å². The molecule has 114 valence electrons. The molecule has 0 amide bonds. The Morgan fingerprint density at radius 2 is 2.05 bits per heavy atom. The molecule has 0 saturated carbocycles. The van der Waals surface area contributed by atoms with E-state index in [1.54, 1.807) is 0 Å². The fourth-order valence-corrected chi connectivity index (χ4v) is 1.89. The number of hydrogen-bond donors (Lipinski definition) is 1. The molecule has 0 radical (unpaired) electrons. The molecular formula is C11H10F3N3O3S. The Kier molecular flexibility index (Phi) is 4.28. The van der Waals surface area contributed by atoms with Crippen molar-refractivity contribution in [1.82, 2.24) is 14.9 Å². The summed E-state index contributed by atoms with van der Waals surface area (Å²) in [6, 6.07) is 3.67. The number of alkyl halides is 2. The third kappa shape index (κ3) is 4.02. The molecule has 0 aliphatic heterocycles. The molecule has 0 bridgehead atoms. The van der Waals surface area contributed by atoms with Gasteiger partial charge in [0.25, 0.3) is 5.89 Å². The zero-order valence-electron chi connectivity index (χ0n) is 10.7. The molecule has 0 aliphatic carbocycles. The van der Waals surface area contributed by atoms with Gasteiger partial charge in [-0.25, -0.2) is 17.5 Å². The lowest BCUT2D eigenvalue weighted by atomic mass is 10.1. The lowest BCUT2D eigenvalue weighted by molar-refractivity contribution is 0.116. The molecule has 2 rings (SSSR count). The zero-order valence-corrected chi connectivity index (χ0v) is 11.5. The number of nitrogens with one attached hydrogen (secondary N) is 1. The van der Waals surface area contributed by atoms with Gasteiger partial charge in [-0.1, -0.05) is 6.07 Å². The van der Waals surface area contributed by atoms with E-state index in [1.807, 2.05) is 0 Å². The van der Waals surface area contributed by atoms with Crippen LogP contribution in [0.1, 0.15) is 17.9 Å². The number of nitrogens with zero attached hydrogens (tertiary/aromatic N) is 2. The van der Waals surface area contributed by atoms with Gasteiger partial charge in [-0.3, -0.25) is 0 Å². The molecule has 1 aromatic carbocycles. The quantitative estimate of drug-likeness (QED) is 0.908.